The van der Waals surface area contributed by atoms with Crippen LogP contribution in [0.15, 0.2) is 36.4 Å². The molecule has 1 N–H and O–H groups in total. The van der Waals surface area contributed by atoms with E-state index in [1.807, 2.05) is 36.4 Å². The zero-order chi connectivity index (χ0) is 18.5. The van der Waals surface area contributed by atoms with E-state index in [-0.39, 0.29) is 11.8 Å². The molecule has 0 radical (unpaired) electrons. The summed E-state index contributed by atoms with van der Waals surface area (Å²) in [5, 5.41) is 3.01. The second-order valence-corrected chi connectivity index (χ2v) is 6.47. The Morgan fingerprint density at radius 3 is 2.38 bits per heavy atom. The van der Waals surface area contributed by atoms with Crippen molar-refractivity contribution < 1.29 is 19.0 Å². The molecule has 0 fully saturated rings. The summed E-state index contributed by atoms with van der Waals surface area (Å²) in [7, 11) is 4.92. The first-order valence-corrected chi connectivity index (χ1v) is 8.79. The van der Waals surface area contributed by atoms with E-state index < -0.39 is 0 Å². The summed E-state index contributed by atoms with van der Waals surface area (Å²) in [5.41, 5.74) is 3.50. The smallest absolute Gasteiger partial charge is 0.220 e. The molecule has 26 heavy (non-hydrogen) atoms. The van der Waals surface area contributed by atoms with Crippen molar-refractivity contribution in [3.63, 3.8) is 0 Å². The fourth-order valence-electron chi connectivity index (χ4n) is 3.47. The maximum Gasteiger partial charge on any atom is 0.220 e. The number of hydrogen-bond donors (Lipinski definition) is 1. The van der Waals surface area contributed by atoms with Gasteiger partial charge in [0.25, 0.3) is 0 Å². The lowest BCUT2D eigenvalue weighted by atomic mass is 9.97. The number of methoxy groups -OCH3 is 3. The molecule has 5 nitrogen and oxygen atoms in total. The van der Waals surface area contributed by atoms with Crippen molar-refractivity contribution in [2.45, 2.75) is 31.7 Å². The number of amides is 1. The van der Waals surface area contributed by atoms with E-state index in [1.54, 1.807) is 21.3 Å². The number of benzene rings is 2. The lowest BCUT2D eigenvalue weighted by Gasteiger charge is -2.15. The van der Waals surface area contributed by atoms with Gasteiger partial charge in [-0.1, -0.05) is 12.1 Å². The minimum absolute atomic E-state index is 0.0634. The van der Waals surface area contributed by atoms with Crippen molar-refractivity contribution in [1.29, 1.82) is 0 Å². The normalized spacial score (nSPS) is 15.3. The van der Waals surface area contributed by atoms with Gasteiger partial charge >= 0.3 is 0 Å². The van der Waals surface area contributed by atoms with E-state index in [2.05, 4.69) is 5.32 Å². The van der Waals surface area contributed by atoms with Crippen molar-refractivity contribution in [2.75, 3.05) is 21.3 Å². The van der Waals surface area contributed by atoms with Crippen molar-refractivity contribution >= 4 is 5.91 Å². The number of carbonyl (C=O) groups is 1. The molecule has 0 saturated heterocycles. The first kappa shape index (κ1) is 18.1. The van der Waals surface area contributed by atoms with Gasteiger partial charge in [-0.3, -0.25) is 4.79 Å². The third kappa shape index (κ3) is 3.93. The minimum atomic E-state index is 0.0634. The number of carbonyl (C=O) groups excluding carboxylic acids is 1. The fourth-order valence-corrected chi connectivity index (χ4v) is 3.47. The predicted octanol–water partition coefficient (Wildman–Crippen LogP) is 3.45. The molecule has 5 heteroatoms. The van der Waals surface area contributed by atoms with Gasteiger partial charge < -0.3 is 19.5 Å². The lowest BCUT2D eigenvalue weighted by molar-refractivity contribution is -0.121. The summed E-state index contributed by atoms with van der Waals surface area (Å²) in [6.45, 7) is 0.522. The molecular weight excluding hydrogens is 330 g/mol. The summed E-state index contributed by atoms with van der Waals surface area (Å²) < 4.78 is 15.9. The number of nitrogens with one attached hydrogen (secondary N) is 1. The Kier molecular flexibility index (Phi) is 5.66. The van der Waals surface area contributed by atoms with E-state index in [4.69, 9.17) is 14.2 Å². The average Bonchev–Trinajstić information content (AvgIpc) is 3.07. The highest BCUT2D eigenvalue weighted by atomic mass is 16.5. The molecule has 0 aromatic heterocycles. The van der Waals surface area contributed by atoms with Crippen LogP contribution in [0.5, 0.6) is 17.2 Å². The Balaban J connectivity index is 1.60. The van der Waals surface area contributed by atoms with Crippen molar-refractivity contribution in [3.8, 4) is 17.2 Å². The number of ether oxygens (including phenoxy) is 3. The Hall–Kier alpha value is -2.69. The number of fused-ring (bicyclic) bond motifs is 1. The molecule has 0 heterocycles. The predicted molar refractivity (Wildman–Crippen MR) is 100 cm³/mol. The minimum Gasteiger partial charge on any atom is -0.497 e. The molecule has 2 aromatic carbocycles. The first-order valence-electron chi connectivity index (χ1n) is 8.79. The van der Waals surface area contributed by atoms with Crippen molar-refractivity contribution in [1.82, 2.24) is 5.32 Å². The van der Waals surface area contributed by atoms with Crippen LogP contribution in [0, 0.1) is 0 Å². The molecular formula is C21H25NO4. The van der Waals surface area contributed by atoms with Crippen molar-refractivity contribution in [2.24, 2.45) is 0 Å². The Morgan fingerprint density at radius 2 is 1.73 bits per heavy atom. The van der Waals surface area contributed by atoms with Gasteiger partial charge in [0, 0.05) is 13.0 Å². The fraction of sp³-hybridized carbons (Fsp3) is 0.381. The van der Waals surface area contributed by atoms with Crippen LogP contribution in [-0.2, 0) is 17.8 Å². The Bertz CT molecular complexity index is 770. The second kappa shape index (κ2) is 8.13. The number of rotatable bonds is 7. The highest BCUT2D eigenvalue weighted by Crippen LogP contribution is 2.41. The molecule has 0 aliphatic heterocycles. The van der Waals surface area contributed by atoms with Crippen LogP contribution in [0.4, 0.5) is 0 Å². The molecule has 3 rings (SSSR count). The van der Waals surface area contributed by atoms with Gasteiger partial charge in [-0.25, -0.2) is 0 Å². The number of aryl methyl sites for hydroxylation is 1. The maximum absolute atomic E-state index is 12.4. The molecule has 1 aliphatic rings. The molecule has 0 spiro atoms. The molecule has 0 saturated carbocycles. The van der Waals surface area contributed by atoms with Gasteiger partial charge in [-0.15, -0.1) is 0 Å². The first-order chi connectivity index (χ1) is 12.6. The monoisotopic (exact) mass is 355 g/mol. The summed E-state index contributed by atoms with van der Waals surface area (Å²) in [6, 6.07) is 11.8. The van der Waals surface area contributed by atoms with E-state index >= 15 is 0 Å². The summed E-state index contributed by atoms with van der Waals surface area (Å²) in [6.07, 6.45) is 2.42. The second-order valence-electron chi connectivity index (χ2n) is 6.47. The van der Waals surface area contributed by atoms with Crippen LogP contribution in [0.25, 0.3) is 0 Å². The largest absolute Gasteiger partial charge is 0.497 e. The molecule has 1 amide bonds. The molecule has 0 bridgehead atoms. The summed E-state index contributed by atoms with van der Waals surface area (Å²) in [4.78, 5) is 12.4. The van der Waals surface area contributed by atoms with Gasteiger partial charge in [-0.2, -0.15) is 0 Å². The summed E-state index contributed by atoms with van der Waals surface area (Å²) >= 11 is 0. The van der Waals surface area contributed by atoms with E-state index in [0.29, 0.717) is 13.0 Å². The molecule has 2 aromatic rings. The van der Waals surface area contributed by atoms with E-state index in [1.165, 1.54) is 11.1 Å². The third-order valence-electron chi connectivity index (χ3n) is 4.93. The van der Waals surface area contributed by atoms with Crippen LogP contribution in [0.3, 0.4) is 0 Å². The topological polar surface area (TPSA) is 56.8 Å². The van der Waals surface area contributed by atoms with Gasteiger partial charge in [0.1, 0.15) is 5.75 Å². The highest BCUT2D eigenvalue weighted by molar-refractivity contribution is 5.77. The van der Waals surface area contributed by atoms with Gasteiger partial charge in [0.15, 0.2) is 11.5 Å². The third-order valence-corrected chi connectivity index (χ3v) is 4.93. The lowest BCUT2D eigenvalue weighted by Crippen LogP contribution is -2.24. The molecule has 1 aliphatic carbocycles. The Labute approximate surface area is 154 Å². The molecule has 138 valence electrons. The van der Waals surface area contributed by atoms with Crippen LogP contribution >= 0.6 is 0 Å². The summed E-state index contributed by atoms with van der Waals surface area (Å²) in [5.74, 6) is 2.56. The van der Waals surface area contributed by atoms with E-state index in [0.717, 1.165) is 35.7 Å². The van der Waals surface area contributed by atoms with Crippen LogP contribution in [-0.4, -0.2) is 27.2 Å². The average molecular weight is 355 g/mol. The van der Waals surface area contributed by atoms with Crippen LogP contribution < -0.4 is 19.5 Å². The Morgan fingerprint density at radius 1 is 1.04 bits per heavy atom. The van der Waals surface area contributed by atoms with E-state index in [9.17, 15) is 4.79 Å². The molecule has 1 unspecified atom stereocenters. The van der Waals surface area contributed by atoms with Gasteiger partial charge in [0.05, 0.1) is 21.3 Å². The molecule has 1 atom stereocenters. The highest BCUT2D eigenvalue weighted by Gasteiger charge is 2.26. The van der Waals surface area contributed by atoms with Crippen molar-refractivity contribution in [3.05, 3.63) is 53.1 Å². The van der Waals surface area contributed by atoms with Gasteiger partial charge in [-0.05, 0) is 59.7 Å². The number of hydrogen-bond acceptors (Lipinski definition) is 4. The van der Waals surface area contributed by atoms with Gasteiger partial charge in [0.2, 0.25) is 5.91 Å². The SMILES string of the molecule is COc1ccc(CNC(=O)CC2CCc3cc(OC)c(OC)cc32)cc1. The van der Waals surface area contributed by atoms with Crippen LogP contribution in [0.2, 0.25) is 0 Å². The zero-order valence-electron chi connectivity index (χ0n) is 15.5. The zero-order valence-corrected chi connectivity index (χ0v) is 15.5. The standard InChI is InChI=1S/C21H25NO4/c1-24-17-8-4-14(5-9-17)13-22-21(23)11-16-7-6-15-10-19(25-2)20(26-3)12-18(15)16/h4-5,8-10,12,16H,6-7,11,13H2,1-3H3,(H,22,23). The quantitative estimate of drug-likeness (QED) is 0.826. The van der Waals surface area contributed by atoms with Crippen LogP contribution in [0.1, 0.15) is 35.4 Å². The maximum atomic E-state index is 12.4.